The van der Waals surface area contributed by atoms with Crippen LogP contribution >= 0.6 is 0 Å². The topological polar surface area (TPSA) is 42.7 Å². The van der Waals surface area contributed by atoms with Gasteiger partial charge in [0, 0.05) is 6.20 Å². The molecule has 0 fully saturated rings. The lowest BCUT2D eigenvalue weighted by atomic mass is 10.3. The summed E-state index contributed by atoms with van der Waals surface area (Å²) >= 11 is 0. The molecule has 1 heterocycles. The van der Waals surface area contributed by atoms with Crippen LogP contribution in [0, 0.1) is 0 Å². The molecule has 0 amide bonds. The third-order valence-electron chi connectivity index (χ3n) is 1.68. The Hall–Kier alpha value is -1.04. The van der Waals surface area contributed by atoms with E-state index in [-0.39, 0.29) is 6.54 Å². The van der Waals surface area contributed by atoms with Crippen molar-refractivity contribution in [3.05, 3.63) is 12.4 Å². The van der Waals surface area contributed by atoms with Crippen molar-refractivity contribution < 1.29 is 8.78 Å². The summed E-state index contributed by atoms with van der Waals surface area (Å²) in [5.41, 5.74) is 0. The van der Waals surface area contributed by atoms with Crippen molar-refractivity contribution in [3.63, 3.8) is 0 Å². The smallest absolute Gasteiger partial charge is 0.279 e. The van der Waals surface area contributed by atoms with E-state index < -0.39 is 12.5 Å². The zero-order valence-corrected chi connectivity index (χ0v) is 8.08. The normalized spacial score (nSPS) is 11.9. The summed E-state index contributed by atoms with van der Waals surface area (Å²) in [6.45, 7) is 1.79. The number of halogens is 2. The summed E-state index contributed by atoms with van der Waals surface area (Å²) < 4.78 is 27.5. The van der Waals surface area contributed by atoms with Crippen molar-refractivity contribution in [3.8, 4) is 0 Å². The minimum Gasteiger partial charge on any atom is -0.311 e. The first kappa shape index (κ1) is 11.0. The Bertz CT molecular complexity index is 248. The van der Waals surface area contributed by atoms with Crippen LogP contribution in [0.3, 0.4) is 0 Å². The number of rotatable bonds is 6. The fraction of sp³-hybridized carbons (Fsp3) is 0.750. The van der Waals surface area contributed by atoms with Crippen molar-refractivity contribution in [2.45, 2.75) is 25.8 Å². The minimum atomic E-state index is -2.77. The summed E-state index contributed by atoms with van der Waals surface area (Å²) in [6, 6.07) is 0. The summed E-state index contributed by atoms with van der Waals surface area (Å²) in [5.74, 6) is -2.77. The Balaban J connectivity index is 2.33. The van der Waals surface area contributed by atoms with Crippen molar-refractivity contribution in [2.24, 2.45) is 0 Å². The van der Waals surface area contributed by atoms with Crippen molar-refractivity contribution in [2.75, 3.05) is 13.1 Å². The van der Waals surface area contributed by atoms with Gasteiger partial charge in [-0.05, 0) is 13.0 Å². The minimum absolute atomic E-state index is 0.319. The van der Waals surface area contributed by atoms with Crippen molar-refractivity contribution in [1.82, 2.24) is 20.3 Å². The second-order valence-corrected chi connectivity index (χ2v) is 3.13. The highest BCUT2D eigenvalue weighted by Crippen LogP contribution is 2.13. The first-order valence-corrected chi connectivity index (χ1v) is 4.57. The van der Waals surface area contributed by atoms with E-state index in [1.54, 1.807) is 0 Å². The number of alkyl halides is 2. The number of hydrogen-bond acceptors (Lipinski definition) is 3. The molecule has 0 unspecified atom stereocenters. The van der Waals surface area contributed by atoms with Gasteiger partial charge in [-0.2, -0.15) is 0 Å². The van der Waals surface area contributed by atoms with Gasteiger partial charge < -0.3 is 5.32 Å². The lowest BCUT2D eigenvalue weighted by molar-refractivity contribution is -0.0181. The predicted octanol–water partition coefficient (Wildman–Crippen LogP) is 0.913. The second kappa shape index (κ2) is 4.99. The van der Waals surface area contributed by atoms with E-state index in [4.69, 9.17) is 0 Å². The van der Waals surface area contributed by atoms with E-state index in [2.05, 4.69) is 15.6 Å². The SMILES string of the molecule is CCCNCC(F)(F)Cn1ccnn1. The van der Waals surface area contributed by atoms with Crippen LogP contribution in [0.15, 0.2) is 12.4 Å². The molecule has 0 spiro atoms. The molecule has 0 saturated heterocycles. The Morgan fingerprint density at radius 1 is 1.50 bits per heavy atom. The Morgan fingerprint density at radius 3 is 2.86 bits per heavy atom. The fourth-order valence-electron chi connectivity index (χ4n) is 1.06. The quantitative estimate of drug-likeness (QED) is 0.700. The fourth-order valence-corrected chi connectivity index (χ4v) is 1.06. The lowest BCUT2D eigenvalue weighted by Gasteiger charge is -2.16. The average Bonchev–Trinajstić information content (AvgIpc) is 2.56. The standard InChI is InChI=1S/C8H14F2N4/c1-2-3-11-6-8(9,10)7-14-5-4-12-13-14/h4-5,11H,2-3,6-7H2,1H3. The average molecular weight is 204 g/mol. The van der Waals surface area contributed by atoms with E-state index in [1.165, 1.54) is 12.4 Å². The van der Waals surface area contributed by atoms with Gasteiger partial charge in [-0.15, -0.1) is 5.10 Å². The third kappa shape index (κ3) is 3.78. The number of hydrogen-bond donors (Lipinski definition) is 1. The van der Waals surface area contributed by atoms with Gasteiger partial charge in [0.2, 0.25) is 0 Å². The van der Waals surface area contributed by atoms with Crippen LogP contribution < -0.4 is 5.32 Å². The molecule has 0 radical (unpaired) electrons. The molecule has 0 aliphatic heterocycles. The van der Waals surface area contributed by atoms with E-state index in [0.717, 1.165) is 11.1 Å². The molecule has 80 valence electrons. The summed E-state index contributed by atoms with van der Waals surface area (Å²) in [7, 11) is 0. The molecule has 1 aromatic rings. The monoisotopic (exact) mass is 204 g/mol. The van der Waals surface area contributed by atoms with Crippen molar-refractivity contribution in [1.29, 1.82) is 0 Å². The van der Waals surface area contributed by atoms with Gasteiger partial charge in [0.25, 0.3) is 5.92 Å². The highest BCUT2D eigenvalue weighted by molar-refractivity contribution is 4.73. The highest BCUT2D eigenvalue weighted by atomic mass is 19.3. The van der Waals surface area contributed by atoms with Crippen molar-refractivity contribution >= 4 is 0 Å². The van der Waals surface area contributed by atoms with Crippen LogP contribution in [-0.4, -0.2) is 34.0 Å². The molecular formula is C8H14F2N4. The highest BCUT2D eigenvalue weighted by Gasteiger charge is 2.29. The lowest BCUT2D eigenvalue weighted by Crippen LogP contribution is -2.37. The molecule has 0 aromatic carbocycles. The number of aromatic nitrogens is 3. The maximum atomic E-state index is 13.2. The molecule has 0 bridgehead atoms. The number of nitrogens with zero attached hydrogens (tertiary/aromatic N) is 3. The molecule has 1 N–H and O–H groups in total. The zero-order chi connectivity index (χ0) is 10.4. The van der Waals surface area contributed by atoms with E-state index in [9.17, 15) is 8.78 Å². The molecule has 4 nitrogen and oxygen atoms in total. The van der Waals surface area contributed by atoms with E-state index >= 15 is 0 Å². The largest absolute Gasteiger partial charge is 0.311 e. The van der Waals surface area contributed by atoms with Crippen LogP contribution in [0.25, 0.3) is 0 Å². The zero-order valence-electron chi connectivity index (χ0n) is 8.08. The Kier molecular flexibility index (Phi) is 3.94. The molecule has 0 atom stereocenters. The maximum absolute atomic E-state index is 13.2. The molecule has 0 saturated carbocycles. The summed E-state index contributed by atoms with van der Waals surface area (Å²) in [5, 5.41) is 9.63. The summed E-state index contributed by atoms with van der Waals surface area (Å²) in [6.07, 6.45) is 3.66. The van der Waals surface area contributed by atoms with Gasteiger partial charge in [-0.25, -0.2) is 13.5 Å². The predicted molar refractivity (Wildman–Crippen MR) is 48.1 cm³/mol. The molecule has 1 aromatic heterocycles. The van der Waals surface area contributed by atoms with Gasteiger partial charge in [0.15, 0.2) is 0 Å². The molecule has 6 heteroatoms. The third-order valence-corrected chi connectivity index (χ3v) is 1.68. The molecule has 0 aliphatic carbocycles. The molecular weight excluding hydrogens is 190 g/mol. The number of nitrogens with one attached hydrogen (secondary N) is 1. The molecule has 0 aliphatic rings. The van der Waals surface area contributed by atoms with E-state index in [1.807, 2.05) is 6.92 Å². The van der Waals surface area contributed by atoms with Crippen LogP contribution in [0.1, 0.15) is 13.3 Å². The first-order valence-electron chi connectivity index (χ1n) is 4.57. The molecule has 1 rings (SSSR count). The van der Waals surface area contributed by atoms with Crippen LogP contribution in [0.2, 0.25) is 0 Å². The van der Waals surface area contributed by atoms with Gasteiger partial charge in [0.1, 0.15) is 6.54 Å². The maximum Gasteiger partial charge on any atom is 0.279 e. The molecule has 14 heavy (non-hydrogen) atoms. The van der Waals surface area contributed by atoms with Gasteiger partial charge >= 0.3 is 0 Å². The van der Waals surface area contributed by atoms with E-state index in [0.29, 0.717) is 6.54 Å². The van der Waals surface area contributed by atoms with Gasteiger partial charge in [-0.3, -0.25) is 0 Å². The first-order chi connectivity index (χ1) is 6.64. The summed E-state index contributed by atoms with van der Waals surface area (Å²) in [4.78, 5) is 0. The second-order valence-electron chi connectivity index (χ2n) is 3.13. The van der Waals surface area contributed by atoms with Crippen LogP contribution in [-0.2, 0) is 6.54 Å². The van der Waals surface area contributed by atoms with Crippen LogP contribution in [0.4, 0.5) is 8.78 Å². The van der Waals surface area contributed by atoms with Gasteiger partial charge in [-0.1, -0.05) is 12.1 Å². The Labute approximate surface area is 81.3 Å². The van der Waals surface area contributed by atoms with Crippen LogP contribution in [0.5, 0.6) is 0 Å². The van der Waals surface area contributed by atoms with Gasteiger partial charge in [0.05, 0.1) is 12.7 Å². The Morgan fingerprint density at radius 2 is 2.29 bits per heavy atom.